The van der Waals surface area contributed by atoms with Crippen LogP contribution in [0.15, 0.2) is 212 Å². The Bertz CT molecular complexity index is 3210. The van der Waals surface area contributed by atoms with Crippen molar-refractivity contribution in [3.8, 4) is 33.4 Å². The average molecular weight is 730 g/mol. The lowest BCUT2D eigenvalue weighted by atomic mass is 9.94. The standard InChI is InChI=1S/C54H35NS/c1-2-13-36(14-3-1)38-15-10-16-39(33-38)40-17-11-18-42(34-40)55(43-31-32-49-47-21-5-4-19-45(47)46-20-6-7-22-48(46)52(49)35-43)41-29-27-37(28-30-41)44-24-12-25-51-50-23-8-9-26-53(50)56-54(44)51/h1-35H. The van der Waals surface area contributed by atoms with Crippen molar-refractivity contribution in [3.05, 3.63) is 212 Å². The molecule has 56 heavy (non-hydrogen) atoms. The average Bonchev–Trinajstić information content (AvgIpc) is 3.66. The van der Waals surface area contributed by atoms with E-state index in [1.807, 2.05) is 11.3 Å². The minimum atomic E-state index is 1.11. The number of anilines is 3. The maximum absolute atomic E-state index is 2.41. The molecule has 0 unspecified atom stereocenters. The number of rotatable bonds is 6. The Balaban J connectivity index is 1.08. The number of nitrogens with zero attached hydrogens (tertiary/aromatic N) is 1. The Kier molecular flexibility index (Phi) is 7.75. The van der Waals surface area contributed by atoms with Crippen LogP contribution in [-0.4, -0.2) is 0 Å². The van der Waals surface area contributed by atoms with E-state index >= 15 is 0 Å². The molecule has 11 aromatic rings. The van der Waals surface area contributed by atoms with Crippen molar-refractivity contribution in [1.82, 2.24) is 0 Å². The van der Waals surface area contributed by atoms with Crippen LogP contribution in [0.3, 0.4) is 0 Å². The molecule has 0 bridgehead atoms. The van der Waals surface area contributed by atoms with Crippen molar-refractivity contribution in [2.45, 2.75) is 0 Å². The van der Waals surface area contributed by atoms with Crippen molar-refractivity contribution in [1.29, 1.82) is 0 Å². The fourth-order valence-electron chi connectivity index (χ4n) is 8.58. The van der Waals surface area contributed by atoms with Gasteiger partial charge in [-0.25, -0.2) is 0 Å². The van der Waals surface area contributed by atoms with E-state index in [4.69, 9.17) is 0 Å². The molecule has 2 heteroatoms. The lowest BCUT2D eigenvalue weighted by molar-refractivity contribution is 1.29. The van der Waals surface area contributed by atoms with Gasteiger partial charge in [-0.05, 0) is 114 Å². The summed E-state index contributed by atoms with van der Waals surface area (Å²) in [6, 6.07) is 77.7. The highest BCUT2D eigenvalue weighted by molar-refractivity contribution is 7.26. The molecular weight excluding hydrogens is 695 g/mol. The van der Waals surface area contributed by atoms with Crippen LogP contribution in [-0.2, 0) is 0 Å². The summed E-state index contributed by atoms with van der Waals surface area (Å²) in [5, 5.41) is 10.3. The summed E-state index contributed by atoms with van der Waals surface area (Å²) in [4.78, 5) is 2.41. The van der Waals surface area contributed by atoms with E-state index in [9.17, 15) is 0 Å². The molecule has 10 aromatic carbocycles. The van der Waals surface area contributed by atoms with Gasteiger partial charge in [-0.3, -0.25) is 0 Å². The third-order valence-electron chi connectivity index (χ3n) is 11.2. The summed E-state index contributed by atoms with van der Waals surface area (Å²) in [6.07, 6.45) is 0. The molecule has 0 spiro atoms. The summed E-state index contributed by atoms with van der Waals surface area (Å²) in [5.74, 6) is 0. The Morgan fingerprint density at radius 1 is 0.268 bits per heavy atom. The van der Waals surface area contributed by atoms with Crippen molar-refractivity contribution in [2.24, 2.45) is 0 Å². The van der Waals surface area contributed by atoms with E-state index in [2.05, 4.69) is 217 Å². The molecule has 0 fully saturated rings. The van der Waals surface area contributed by atoms with Gasteiger partial charge in [0.05, 0.1) is 0 Å². The lowest BCUT2D eigenvalue weighted by Gasteiger charge is -2.27. The Morgan fingerprint density at radius 3 is 1.50 bits per heavy atom. The molecule has 1 nitrogen and oxygen atoms in total. The first kappa shape index (κ1) is 32.4. The van der Waals surface area contributed by atoms with E-state index in [-0.39, 0.29) is 0 Å². The zero-order valence-electron chi connectivity index (χ0n) is 30.6. The molecule has 11 rings (SSSR count). The molecule has 0 saturated carbocycles. The monoisotopic (exact) mass is 729 g/mol. The molecule has 0 aliphatic carbocycles. The first-order chi connectivity index (χ1) is 27.8. The number of thiophene rings is 1. The highest BCUT2D eigenvalue weighted by Crippen LogP contribution is 2.44. The first-order valence-corrected chi connectivity index (χ1v) is 20.0. The predicted octanol–water partition coefficient (Wildman–Crippen LogP) is 16.0. The molecule has 0 saturated heterocycles. The first-order valence-electron chi connectivity index (χ1n) is 19.2. The van der Waals surface area contributed by atoms with Crippen LogP contribution < -0.4 is 4.90 Å². The highest BCUT2D eigenvalue weighted by atomic mass is 32.1. The van der Waals surface area contributed by atoms with Crippen LogP contribution in [0.5, 0.6) is 0 Å². The second-order valence-electron chi connectivity index (χ2n) is 14.5. The number of hydrogen-bond acceptors (Lipinski definition) is 2. The highest BCUT2D eigenvalue weighted by Gasteiger charge is 2.18. The summed E-state index contributed by atoms with van der Waals surface area (Å²) >= 11 is 1.88. The van der Waals surface area contributed by atoms with Crippen molar-refractivity contribution < 1.29 is 0 Å². The maximum Gasteiger partial charge on any atom is 0.0468 e. The van der Waals surface area contributed by atoms with Crippen LogP contribution in [0.4, 0.5) is 17.1 Å². The topological polar surface area (TPSA) is 3.24 Å². The largest absolute Gasteiger partial charge is 0.310 e. The summed E-state index contributed by atoms with van der Waals surface area (Å²) in [7, 11) is 0. The van der Waals surface area contributed by atoms with Gasteiger partial charge in [0.1, 0.15) is 0 Å². The molecule has 0 atom stereocenters. The SMILES string of the molecule is c1ccc(-c2cccc(-c3cccc(N(c4ccc(-c5cccc6c5sc5ccccc56)cc4)c4ccc5c6ccccc6c6ccccc6c5c4)c3)c2)cc1. The predicted molar refractivity (Wildman–Crippen MR) is 243 cm³/mol. The second kappa shape index (κ2) is 13.4. The van der Waals surface area contributed by atoms with E-state index < -0.39 is 0 Å². The van der Waals surface area contributed by atoms with Gasteiger partial charge in [0.15, 0.2) is 0 Å². The van der Waals surface area contributed by atoms with Crippen LogP contribution in [0.2, 0.25) is 0 Å². The van der Waals surface area contributed by atoms with E-state index in [1.54, 1.807) is 0 Å². The molecule has 0 aliphatic heterocycles. The molecule has 262 valence electrons. The zero-order chi connectivity index (χ0) is 37.0. The lowest BCUT2D eigenvalue weighted by Crippen LogP contribution is -2.10. The van der Waals surface area contributed by atoms with Gasteiger partial charge in [-0.15, -0.1) is 11.3 Å². The van der Waals surface area contributed by atoms with Crippen molar-refractivity contribution in [3.63, 3.8) is 0 Å². The van der Waals surface area contributed by atoms with Crippen LogP contribution in [0.25, 0.3) is 85.9 Å². The summed E-state index contributed by atoms with van der Waals surface area (Å²) in [5.41, 5.74) is 10.6. The zero-order valence-corrected chi connectivity index (χ0v) is 31.4. The van der Waals surface area contributed by atoms with E-state index in [0.717, 1.165) is 17.1 Å². The number of benzene rings is 10. The second-order valence-corrected chi connectivity index (χ2v) is 15.5. The van der Waals surface area contributed by atoms with Crippen LogP contribution in [0.1, 0.15) is 0 Å². The molecule has 0 N–H and O–H groups in total. The van der Waals surface area contributed by atoms with Gasteiger partial charge in [0.2, 0.25) is 0 Å². The summed E-state index contributed by atoms with van der Waals surface area (Å²) < 4.78 is 2.65. The third kappa shape index (κ3) is 5.46. The minimum Gasteiger partial charge on any atom is -0.310 e. The Labute approximate surface area is 330 Å². The molecule has 0 radical (unpaired) electrons. The van der Waals surface area contributed by atoms with Gasteiger partial charge < -0.3 is 4.90 Å². The maximum atomic E-state index is 2.41. The van der Waals surface area contributed by atoms with Crippen molar-refractivity contribution >= 4 is 80.9 Å². The van der Waals surface area contributed by atoms with E-state index in [0.29, 0.717) is 0 Å². The number of hydrogen-bond donors (Lipinski definition) is 0. The minimum absolute atomic E-state index is 1.11. The van der Waals surface area contributed by atoms with Gasteiger partial charge in [0.25, 0.3) is 0 Å². The molecule has 1 aromatic heterocycles. The van der Waals surface area contributed by atoms with Crippen molar-refractivity contribution in [2.75, 3.05) is 4.90 Å². The fraction of sp³-hybridized carbons (Fsp3) is 0. The van der Waals surface area contributed by atoms with Gasteiger partial charge >= 0.3 is 0 Å². The molecule has 1 heterocycles. The normalized spacial score (nSPS) is 11.6. The number of fused-ring (bicyclic) bond motifs is 9. The Hall–Kier alpha value is -7.00. The van der Waals surface area contributed by atoms with E-state index in [1.165, 1.54) is 85.9 Å². The fourth-order valence-corrected chi connectivity index (χ4v) is 9.82. The van der Waals surface area contributed by atoms with Crippen LogP contribution >= 0.6 is 11.3 Å². The van der Waals surface area contributed by atoms with Gasteiger partial charge in [-0.2, -0.15) is 0 Å². The smallest absolute Gasteiger partial charge is 0.0468 e. The molecular formula is C54H35NS. The molecule has 0 amide bonds. The van der Waals surface area contributed by atoms with Gasteiger partial charge in [-0.1, -0.05) is 164 Å². The van der Waals surface area contributed by atoms with Crippen LogP contribution in [0, 0.1) is 0 Å². The van der Waals surface area contributed by atoms with Gasteiger partial charge in [0, 0.05) is 37.2 Å². The summed E-state index contributed by atoms with van der Waals surface area (Å²) in [6.45, 7) is 0. The molecule has 0 aliphatic rings. The Morgan fingerprint density at radius 2 is 0.768 bits per heavy atom. The third-order valence-corrected chi connectivity index (χ3v) is 12.5. The quantitative estimate of drug-likeness (QED) is 0.154.